The van der Waals surface area contributed by atoms with Crippen LogP contribution in [0, 0.1) is 11.2 Å². The summed E-state index contributed by atoms with van der Waals surface area (Å²) in [6.45, 7) is 9.91. The van der Waals surface area contributed by atoms with Crippen LogP contribution in [0.5, 0.6) is 17.2 Å². The van der Waals surface area contributed by atoms with Crippen LogP contribution in [-0.2, 0) is 6.54 Å². The lowest BCUT2D eigenvalue weighted by atomic mass is 9.92. The molecule has 1 saturated heterocycles. The number of aliphatic hydroxyl groups excluding tert-OH is 1. The van der Waals surface area contributed by atoms with Gasteiger partial charge in [0.2, 0.25) is 0 Å². The van der Waals surface area contributed by atoms with Crippen LogP contribution in [0.1, 0.15) is 79.9 Å². The number of fused-ring (bicyclic) bond motifs is 1. The Morgan fingerprint density at radius 3 is 2.44 bits per heavy atom. The maximum absolute atomic E-state index is 15.5. The zero-order chi connectivity index (χ0) is 28.3. The summed E-state index contributed by atoms with van der Waals surface area (Å²) in [5, 5.41) is 18.7. The number of nitrogens with one attached hydrogen (secondary N) is 1. The lowest BCUT2D eigenvalue weighted by Crippen LogP contribution is -2.36. The summed E-state index contributed by atoms with van der Waals surface area (Å²) in [5.74, 6) is 0.402. The van der Waals surface area contributed by atoms with E-state index in [1.54, 1.807) is 25.0 Å². The standard InChI is InChI=1S/C30H40FN3O5/c1-6-18(4)22-13-19(14-23(28(22)37-5)33-11-9-21(35)10-12-33)24(36)17-34-16-20-15-25(38-7-2)29(39-8-3)27(31)26(20)30(34)32/h13-15,18,21,32,35H,6-12,16-17H2,1-5H3. The number of halogens is 1. The number of carbonyl (C=O) groups excluding carboxylic acids is 1. The zero-order valence-corrected chi connectivity index (χ0v) is 23.6. The average Bonchev–Trinajstić information content (AvgIpc) is 3.24. The number of aliphatic hydroxyl groups is 1. The molecule has 212 valence electrons. The summed E-state index contributed by atoms with van der Waals surface area (Å²) >= 11 is 0. The topological polar surface area (TPSA) is 95.3 Å². The molecule has 0 radical (unpaired) electrons. The van der Waals surface area contributed by atoms with E-state index in [0.29, 0.717) is 49.4 Å². The Morgan fingerprint density at radius 2 is 1.82 bits per heavy atom. The molecule has 1 fully saturated rings. The Bertz CT molecular complexity index is 1230. The molecule has 1 unspecified atom stereocenters. The second kappa shape index (κ2) is 12.2. The number of hydrogen-bond acceptors (Lipinski definition) is 7. The second-order valence-corrected chi connectivity index (χ2v) is 10.2. The van der Waals surface area contributed by atoms with E-state index >= 15 is 4.39 Å². The van der Waals surface area contributed by atoms with Gasteiger partial charge in [0.15, 0.2) is 23.1 Å². The van der Waals surface area contributed by atoms with Gasteiger partial charge < -0.3 is 29.1 Å². The molecule has 2 aliphatic rings. The Balaban J connectivity index is 1.65. The first-order chi connectivity index (χ1) is 18.7. The summed E-state index contributed by atoms with van der Waals surface area (Å²) in [6.07, 6.45) is 1.87. The number of amidine groups is 1. The van der Waals surface area contributed by atoms with Crippen LogP contribution in [0.2, 0.25) is 0 Å². The lowest BCUT2D eigenvalue weighted by molar-refractivity contribution is 0.0962. The number of anilines is 1. The smallest absolute Gasteiger partial charge is 0.197 e. The number of ether oxygens (including phenoxy) is 3. The number of ketones is 1. The van der Waals surface area contributed by atoms with Crippen molar-refractivity contribution in [2.24, 2.45) is 0 Å². The molecule has 2 aromatic rings. The molecule has 4 rings (SSSR count). The minimum absolute atomic E-state index is 0.000618. The van der Waals surface area contributed by atoms with Gasteiger partial charge in [0.05, 0.1) is 44.2 Å². The fourth-order valence-corrected chi connectivity index (χ4v) is 5.37. The monoisotopic (exact) mass is 541 g/mol. The van der Waals surface area contributed by atoms with E-state index in [9.17, 15) is 9.90 Å². The first kappa shape index (κ1) is 28.7. The molecule has 2 N–H and O–H groups in total. The van der Waals surface area contributed by atoms with Crippen LogP contribution in [-0.4, -0.2) is 67.7 Å². The largest absolute Gasteiger partial charge is 0.494 e. The van der Waals surface area contributed by atoms with Gasteiger partial charge >= 0.3 is 0 Å². The molecule has 2 aromatic carbocycles. The normalized spacial score (nSPS) is 16.3. The van der Waals surface area contributed by atoms with Gasteiger partial charge in [0, 0.05) is 25.2 Å². The molecule has 9 heteroatoms. The number of Topliss-reactive ketones (excluding diaryl/α,β-unsaturated/α-hetero) is 1. The van der Waals surface area contributed by atoms with Gasteiger partial charge in [0.25, 0.3) is 0 Å². The molecule has 0 aliphatic carbocycles. The van der Waals surface area contributed by atoms with Gasteiger partial charge in [0.1, 0.15) is 11.6 Å². The quantitative estimate of drug-likeness (QED) is 0.381. The summed E-state index contributed by atoms with van der Waals surface area (Å²) in [7, 11) is 1.65. The lowest BCUT2D eigenvalue weighted by Gasteiger charge is -2.34. The Hall–Kier alpha value is -3.33. The fourth-order valence-electron chi connectivity index (χ4n) is 5.37. The van der Waals surface area contributed by atoms with E-state index in [-0.39, 0.29) is 54.7 Å². The number of hydrogen-bond donors (Lipinski definition) is 2. The van der Waals surface area contributed by atoms with E-state index in [1.165, 1.54) is 0 Å². The highest BCUT2D eigenvalue weighted by Crippen LogP contribution is 2.41. The zero-order valence-electron chi connectivity index (χ0n) is 23.6. The van der Waals surface area contributed by atoms with Crippen molar-refractivity contribution < 1.29 is 28.5 Å². The Morgan fingerprint density at radius 1 is 1.13 bits per heavy atom. The molecule has 1 atom stereocenters. The summed E-state index contributed by atoms with van der Waals surface area (Å²) in [4.78, 5) is 17.4. The highest BCUT2D eigenvalue weighted by Gasteiger charge is 2.33. The summed E-state index contributed by atoms with van der Waals surface area (Å²) in [6, 6.07) is 5.47. The van der Waals surface area contributed by atoms with Crippen LogP contribution in [0.25, 0.3) is 0 Å². The number of rotatable bonds is 11. The minimum atomic E-state index is -0.629. The average molecular weight is 542 g/mol. The maximum Gasteiger partial charge on any atom is 0.197 e. The first-order valence-electron chi connectivity index (χ1n) is 13.9. The molecular formula is C30H40FN3O5. The predicted octanol–water partition coefficient (Wildman–Crippen LogP) is 5.13. The Kier molecular flexibility index (Phi) is 9.00. The third-order valence-corrected chi connectivity index (χ3v) is 7.68. The molecular weight excluding hydrogens is 501 g/mol. The van der Waals surface area contributed by atoms with Crippen molar-refractivity contribution in [2.45, 2.75) is 65.5 Å². The van der Waals surface area contributed by atoms with Crippen molar-refractivity contribution >= 4 is 17.3 Å². The van der Waals surface area contributed by atoms with Crippen molar-refractivity contribution in [1.29, 1.82) is 5.41 Å². The van der Waals surface area contributed by atoms with Gasteiger partial charge in [-0.25, -0.2) is 4.39 Å². The number of methoxy groups -OCH3 is 1. The van der Waals surface area contributed by atoms with E-state index < -0.39 is 5.82 Å². The van der Waals surface area contributed by atoms with Crippen molar-refractivity contribution in [3.8, 4) is 17.2 Å². The third-order valence-electron chi connectivity index (χ3n) is 7.68. The fraction of sp³-hybridized carbons (Fsp3) is 0.533. The van der Waals surface area contributed by atoms with Gasteiger partial charge in [-0.05, 0) is 68.4 Å². The highest BCUT2D eigenvalue weighted by molar-refractivity contribution is 6.06. The first-order valence-corrected chi connectivity index (χ1v) is 13.9. The van der Waals surface area contributed by atoms with Gasteiger partial charge in [-0.3, -0.25) is 10.2 Å². The predicted molar refractivity (Wildman–Crippen MR) is 149 cm³/mol. The van der Waals surface area contributed by atoms with Gasteiger partial charge in [-0.1, -0.05) is 13.8 Å². The summed E-state index contributed by atoms with van der Waals surface area (Å²) in [5.41, 5.74) is 3.08. The molecule has 39 heavy (non-hydrogen) atoms. The van der Waals surface area contributed by atoms with Crippen LogP contribution < -0.4 is 19.1 Å². The van der Waals surface area contributed by atoms with E-state index in [1.807, 2.05) is 19.1 Å². The maximum atomic E-state index is 15.5. The second-order valence-electron chi connectivity index (χ2n) is 10.2. The SMILES string of the molecule is CCOc1cc2c(c(F)c1OCC)C(=N)N(CC(=O)c1cc(C(C)CC)c(OC)c(N3CCC(O)CC3)c1)C2. The van der Waals surface area contributed by atoms with Crippen molar-refractivity contribution in [3.05, 3.63) is 46.3 Å². The van der Waals surface area contributed by atoms with E-state index in [2.05, 4.69) is 18.7 Å². The van der Waals surface area contributed by atoms with Crippen molar-refractivity contribution in [3.63, 3.8) is 0 Å². The molecule has 8 nitrogen and oxygen atoms in total. The molecule has 0 amide bonds. The Labute approximate surface area is 230 Å². The van der Waals surface area contributed by atoms with Gasteiger partial charge in [-0.15, -0.1) is 0 Å². The minimum Gasteiger partial charge on any atom is -0.494 e. The molecule has 2 heterocycles. The van der Waals surface area contributed by atoms with Crippen LogP contribution in [0.15, 0.2) is 18.2 Å². The number of nitrogens with zero attached hydrogens (tertiary/aromatic N) is 2. The van der Waals surface area contributed by atoms with Crippen LogP contribution in [0.4, 0.5) is 10.1 Å². The summed E-state index contributed by atoms with van der Waals surface area (Å²) < 4.78 is 32.5. The molecule has 0 spiro atoms. The molecule has 0 aromatic heterocycles. The number of carbonyl (C=O) groups is 1. The van der Waals surface area contributed by atoms with Crippen molar-refractivity contribution in [1.82, 2.24) is 4.90 Å². The van der Waals surface area contributed by atoms with Crippen LogP contribution in [0.3, 0.4) is 0 Å². The van der Waals surface area contributed by atoms with Gasteiger partial charge in [-0.2, -0.15) is 0 Å². The van der Waals surface area contributed by atoms with Crippen molar-refractivity contribution in [2.75, 3.05) is 44.9 Å². The van der Waals surface area contributed by atoms with Crippen LogP contribution >= 0.6 is 0 Å². The molecule has 0 bridgehead atoms. The molecule has 2 aliphatic heterocycles. The number of benzene rings is 2. The number of piperidine rings is 1. The third kappa shape index (κ3) is 5.69. The van der Waals surface area contributed by atoms with E-state index in [4.69, 9.17) is 19.6 Å². The molecule has 0 saturated carbocycles. The van der Waals surface area contributed by atoms with E-state index in [0.717, 1.165) is 23.4 Å². The highest BCUT2D eigenvalue weighted by atomic mass is 19.1.